The Bertz CT molecular complexity index is 718. The lowest BCUT2D eigenvalue weighted by molar-refractivity contribution is 0.491. The molecule has 0 saturated heterocycles. The second kappa shape index (κ2) is 5.33. The van der Waals surface area contributed by atoms with E-state index in [-0.39, 0.29) is 18.1 Å². The Labute approximate surface area is 125 Å². The predicted octanol–water partition coefficient (Wildman–Crippen LogP) is 3.49. The number of hydrogen-bond donors (Lipinski definition) is 1. The van der Waals surface area contributed by atoms with E-state index in [1.54, 1.807) is 29.2 Å². The Balaban J connectivity index is 2.05. The minimum atomic E-state index is -0.885. The molecule has 0 saturated carbocycles. The summed E-state index contributed by atoms with van der Waals surface area (Å²) >= 11 is 5.98. The molecule has 6 heteroatoms. The molecule has 2 aromatic carbocycles. The van der Waals surface area contributed by atoms with Crippen molar-refractivity contribution < 1.29 is 8.78 Å². The molecular weight excluding hydrogens is 296 g/mol. The molecule has 3 rings (SSSR count). The summed E-state index contributed by atoms with van der Waals surface area (Å²) in [6, 6.07) is 10.6. The van der Waals surface area contributed by atoms with Crippen LogP contribution in [0.15, 0.2) is 47.5 Å². The van der Waals surface area contributed by atoms with Crippen LogP contribution in [-0.4, -0.2) is 12.5 Å². The van der Waals surface area contributed by atoms with Crippen molar-refractivity contribution in [2.24, 2.45) is 10.7 Å². The Morgan fingerprint density at radius 2 is 1.95 bits per heavy atom. The third kappa shape index (κ3) is 2.45. The SMILES string of the molecule is NC1=NCC(c2cccc(F)c2F)N1c1cccc(Cl)c1. The first-order chi connectivity index (χ1) is 10.1. The van der Waals surface area contributed by atoms with E-state index in [1.807, 2.05) is 0 Å². The predicted molar refractivity (Wildman–Crippen MR) is 79.5 cm³/mol. The minimum Gasteiger partial charge on any atom is -0.369 e. The van der Waals surface area contributed by atoms with Crippen LogP contribution in [0.4, 0.5) is 14.5 Å². The van der Waals surface area contributed by atoms with Gasteiger partial charge in [-0.25, -0.2) is 8.78 Å². The second-order valence-electron chi connectivity index (χ2n) is 4.71. The highest BCUT2D eigenvalue weighted by molar-refractivity contribution is 6.30. The first-order valence-corrected chi connectivity index (χ1v) is 6.74. The van der Waals surface area contributed by atoms with Gasteiger partial charge in [-0.05, 0) is 24.3 Å². The summed E-state index contributed by atoms with van der Waals surface area (Å²) in [5.41, 5.74) is 6.80. The smallest absolute Gasteiger partial charge is 0.196 e. The summed E-state index contributed by atoms with van der Waals surface area (Å²) in [6.07, 6.45) is 0. The number of nitrogens with zero attached hydrogens (tertiary/aromatic N) is 2. The standard InChI is InChI=1S/C15H12ClF2N3/c16-9-3-1-4-10(7-9)21-13(8-20-15(21)19)11-5-2-6-12(17)14(11)18/h1-7,13H,8H2,(H2,19,20). The number of rotatable bonds is 2. The van der Waals surface area contributed by atoms with Gasteiger partial charge in [-0.15, -0.1) is 0 Å². The average molecular weight is 308 g/mol. The Morgan fingerprint density at radius 1 is 1.19 bits per heavy atom. The molecule has 0 amide bonds. The van der Waals surface area contributed by atoms with Gasteiger partial charge in [0.05, 0.1) is 12.6 Å². The molecule has 1 aliphatic rings. The summed E-state index contributed by atoms with van der Waals surface area (Å²) in [6.45, 7) is 0.263. The maximum absolute atomic E-state index is 14.0. The van der Waals surface area contributed by atoms with Crippen LogP contribution in [-0.2, 0) is 0 Å². The third-order valence-electron chi connectivity index (χ3n) is 3.41. The zero-order valence-electron chi connectivity index (χ0n) is 10.9. The van der Waals surface area contributed by atoms with Gasteiger partial charge in [0.2, 0.25) is 0 Å². The van der Waals surface area contributed by atoms with Gasteiger partial charge in [-0.2, -0.15) is 0 Å². The summed E-state index contributed by atoms with van der Waals surface area (Å²) < 4.78 is 27.5. The van der Waals surface area contributed by atoms with Crippen molar-refractivity contribution in [3.63, 3.8) is 0 Å². The molecule has 1 aliphatic heterocycles. The fourth-order valence-electron chi connectivity index (χ4n) is 2.45. The van der Waals surface area contributed by atoms with Crippen LogP contribution in [0, 0.1) is 11.6 Å². The Hall–Kier alpha value is -2.14. The van der Waals surface area contributed by atoms with E-state index < -0.39 is 17.7 Å². The van der Waals surface area contributed by atoms with Crippen molar-refractivity contribution in [3.05, 3.63) is 64.7 Å². The van der Waals surface area contributed by atoms with E-state index >= 15 is 0 Å². The Kier molecular flexibility index (Phi) is 3.51. The van der Waals surface area contributed by atoms with Gasteiger partial charge in [0.25, 0.3) is 0 Å². The van der Waals surface area contributed by atoms with E-state index in [0.717, 1.165) is 6.07 Å². The number of anilines is 1. The molecule has 0 fully saturated rings. The van der Waals surface area contributed by atoms with E-state index in [2.05, 4.69) is 4.99 Å². The number of hydrogen-bond acceptors (Lipinski definition) is 3. The fourth-order valence-corrected chi connectivity index (χ4v) is 2.64. The lowest BCUT2D eigenvalue weighted by Crippen LogP contribution is -2.36. The molecule has 2 N–H and O–H groups in total. The molecule has 2 aromatic rings. The molecule has 0 spiro atoms. The van der Waals surface area contributed by atoms with Gasteiger partial charge in [-0.1, -0.05) is 29.8 Å². The molecule has 1 heterocycles. The maximum atomic E-state index is 14.0. The Morgan fingerprint density at radius 3 is 2.71 bits per heavy atom. The van der Waals surface area contributed by atoms with Crippen molar-refractivity contribution in [3.8, 4) is 0 Å². The summed E-state index contributed by atoms with van der Waals surface area (Å²) in [5, 5.41) is 0.533. The van der Waals surface area contributed by atoms with Gasteiger partial charge >= 0.3 is 0 Å². The van der Waals surface area contributed by atoms with Crippen molar-refractivity contribution in [1.29, 1.82) is 0 Å². The van der Waals surface area contributed by atoms with Gasteiger partial charge in [0, 0.05) is 16.3 Å². The molecule has 0 bridgehead atoms. The zero-order valence-corrected chi connectivity index (χ0v) is 11.7. The zero-order chi connectivity index (χ0) is 15.0. The van der Waals surface area contributed by atoms with Gasteiger partial charge in [0.1, 0.15) is 0 Å². The first-order valence-electron chi connectivity index (χ1n) is 6.36. The highest BCUT2D eigenvalue weighted by atomic mass is 35.5. The second-order valence-corrected chi connectivity index (χ2v) is 5.14. The molecule has 21 heavy (non-hydrogen) atoms. The van der Waals surface area contributed by atoms with E-state index in [4.69, 9.17) is 17.3 Å². The first kappa shape index (κ1) is 13.8. The molecule has 1 unspecified atom stereocenters. The number of nitrogens with two attached hydrogens (primary N) is 1. The van der Waals surface area contributed by atoms with Crippen LogP contribution in [0.5, 0.6) is 0 Å². The molecule has 1 atom stereocenters. The van der Waals surface area contributed by atoms with Crippen LogP contribution in [0.3, 0.4) is 0 Å². The van der Waals surface area contributed by atoms with Crippen LogP contribution in [0.1, 0.15) is 11.6 Å². The number of aliphatic imine (C=N–C) groups is 1. The highest BCUT2D eigenvalue weighted by Crippen LogP contribution is 2.33. The maximum Gasteiger partial charge on any atom is 0.196 e. The van der Waals surface area contributed by atoms with E-state index in [9.17, 15) is 8.78 Å². The molecule has 0 aliphatic carbocycles. The largest absolute Gasteiger partial charge is 0.369 e. The van der Waals surface area contributed by atoms with Crippen LogP contribution in [0.25, 0.3) is 0 Å². The lowest BCUT2D eigenvalue weighted by atomic mass is 10.0. The van der Waals surface area contributed by atoms with Crippen LogP contribution < -0.4 is 10.6 Å². The van der Waals surface area contributed by atoms with Gasteiger partial charge < -0.3 is 10.6 Å². The van der Waals surface area contributed by atoms with Gasteiger partial charge in [-0.3, -0.25) is 4.99 Å². The van der Waals surface area contributed by atoms with E-state index in [1.165, 1.54) is 12.1 Å². The molecule has 0 radical (unpaired) electrons. The lowest BCUT2D eigenvalue weighted by Gasteiger charge is -2.27. The third-order valence-corrected chi connectivity index (χ3v) is 3.65. The van der Waals surface area contributed by atoms with E-state index in [0.29, 0.717) is 10.7 Å². The van der Waals surface area contributed by atoms with Crippen LogP contribution >= 0.6 is 11.6 Å². The molecular formula is C15H12ClF2N3. The summed E-state index contributed by atoms with van der Waals surface area (Å²) in [7, 11) is 0. The van der Waals surface area contributed by atoms with Gasteiger partial charge in [0.15, 0.2) is 17.6 Å². The molecule has 108 valence electrons. The van der Waals surface area contributed by atoms with Crippen LogP contribution in [0.2, 0.25) is 5.02 Å². The quantitative estimate of drug-likeness (QED) is 0.922. The average Bonchev–Trinajstić information content (AvgIpc) is 2.83. The number of guanidine groups is 1. The van der Waals surface area contributed by atoms with Crippen molar-refractivity contribution in [2.45, 2.75) is 6.04 Å². The fraction of sp³-hybridized carbons (Fsp3) is 0.133. The van der Waals surface area contributed by atoms with Crippen molar-refractivity contribution in [2.75, 3.05) is 11.4 Å². The summed E-state index contributed by atoms with van der Waals surface area (Å²) in [4.78, 5) is 5.80. The number of benzene rings is 2. The monoisotopic (exact) mass is 307 g/mol. The normalized spacial score (nSPS) is 18.0. The molecule has 0 aromatic heterocycles. The summed E-state index contributed by atoms with van der Waals surface area (Å²) in [5.74, 6) is -1.51. The number of halogens is 3. The van der Waals surface area contributed by atoms with Crippen molar-refractivity contribution >= 4 is 23.2 Å². The topological polar surface area (TPSA) is 41.6 Å². The molecule has 3 nitrogen and oxygen atoms in total. The van der Waals surface area contributed by atoms with Crippen molar-refractivity contribution in [1.82, 2.24) is 0 Å². The minimum absolute atomic E-state index is 0.221. The highest BCUT2D eigenvalue weighted by Gasteiger charge is 2.31.